The van der Waals surface area contributed by atoms with E-state index < -0.39 is 11.9 Å². The van der Waals surface area contributed by atoms with E-state index in [0.717, 1.165) is 19.4 Å². The molecule has 2 fully saturated rings. The molecule has 0 spiro atoms. The molecule has 1 heterocycles. The molecule has 0 aromatic heterocycles. The van der Waals surface area contributed by atoms with E-state index in [0.29, 0.717) is 25.0 Å². The van der Waals surface area contributed by atoms with Crippen LogP contribution in [-0.2, 0) is 4.79 Å². The van der Waals surface area contributed by atoms with Crippen LogP contribution in [0.5, 0.6) is 0 Å². The first kappa shape index (κ1) is 15.1. The SMILES string of the molecule is CCN(CC(C)C(=O)O)C(=O)N1CCCC2CCCC21. The van der Waals surface area contributed by atoms with Gasteiger partial charge in [-0.3, -0.25) is 4.79 Å². The molecule has 0 aromatic rings. The van der Waals surface area contributed by atoms with Gasteiger partial charge in [0, 0.05) is 25.7 Å². The molecule has 1 aliphatic carbocycles. The van der Waals surface area contributed by atoms with Crippen LogP contribution < -0.4 is 0 Å². The van der Waals surface area contributed by atoms with Gasteiger partial charge in [-0.2, -0.15) is 0 Å². The number of hydrogen-bond acceptors (Lipinski definition) is 2. The van der Waals surface area contributed by atoms with Crippen LogP contribution in [0.25, 0.3) is 0 Å². The Morgan fingerprint density at radius 3 is 2.65 bits per heavy atom. The van der Waals surface area contributed by atoms with Crippen molar-refractivity contribution >= 4 is 12.0 Å². The van der Waals surface area contributed by atoms with Crippen molar-refractivity contribution in [3.8, 4) is 0 Å². The first-order chi connectivity index (χ1) is 9.54. The summed E-state index contributed by atoms with van der Waals surface area (Å²) in [4.78, 5) is 27.4. The van der Waals surface area contributed by atoms with Gasteiger partial charge in [-0.1, -0.05) is 13.3 Å². The molecule has 2 rings (SSSR count). The molecule has 114 valence electrons. The van der Waals surface area contributed by atoms with Gasteiger partial charge >= 0.3 is 12.0 Å². The van der Waals surface area contributed by atoms with Crippen LogP contribution in [0.4, 0.5) is 4.79 Å². The molecule has 1 saturated heterocycles. The summed E-state index contributed by atoms with van der Waals surface area (Å²) in [5, 5.41) is 9.02. The molecule has 0 bridgehead atoms. The van der Waals surface area contributed by atoms with Crippen LogP contribution in [0, 0.1) is 11.8 Å². The molecule has 1 aliphatic heterocycles. The van der Waals surface area contributed by atoms with E-state index in [1.165, 1.54) is 19.3 Å². The third kappa shape index (κ3) is 3.07. The first-order valence-corrected chi connectivity index (χ1v) is 7.83. The number of rotatable bonds is 4. The normalized spacial score (nSPS) is 27.0. The van der Waals surface area contributed by atoms with E-state index in [1.54, 1.807) is 11.8 Å². The van der Waals surface area contributed by atoms with Crippen LogP contribution in [-0.4, -0.2) is 52.6 Å². The summed E-state index contributed by atoms with van der Waals surface area (Å²) in [5.74, 6) is -0.681. The molecule has 0 aromatic carbocycles. The first-order valence-electron chi connectivity index (χ1n) is 7.83. The third-order valence-electron chi connectivity index (χ3n) is 4.81. The Bertz CT molecular complexity index is 372. The van der Waals surface area contributed by atoms with Gasteiger partial charge in [0.25, 0.3) is 0 Å². The average molecular weight is 282 g/mol. The molecule has 1 saturated carbocycles. The van der Waals surface area contributed by atoms with Crippen molar-refractivity contribution in [3.63, 3.8) is 0 Å². The lowest BCUT2D eigenvalue weighted by Crippen LogP contribution is -2.53. The summed E-state index contributed by atoms with van der Waals surface area (Å²) in [6.45, 7) is 5.29. The van der Waals surface area contributed by atoms with E-state index in [1.807, 2.05) is 11.8 Å². The Morgan fingerprint density at radius 2 is 2.00 bits per heavy atom. The van der Waals surface area contributed by atoms with Crippen LogP contribution in [0.3, 0.4) is 0 Å². The smallest absolute Gasteiger partial charge is 0.320 e. The summed E-state index contributed by atoms with van der Waals surface area (Å²) in [7, 11) is 0. The van der Waals surface area contributed by atoms with Gasteiger partial charge in [0.1, 0.15) is 0 Å². The molecule has 3 unspecified atom stereocenters. The standard InChI is InChI=1S/C15H26N2O3/c1-3-16(10-11(2)14(18)19)15(20)17-9-5-7-12-6-4-8-13(12)17/h11-13H,3-10H2,1-2H3,(H,18,19). The van der Waals surface area contributed by atoms with Gasteiger partial charge < -0.3 is 14.9 Å². The summed E-state index contributed by atoms with van der Waals surface area (Å²) >= 11 is 0. The fourth-order valence-electron chi connectivity index (χ4n) is 3.62. The van der Waals surface area contributed by atoms with E-state index in [-0.39, 0.29) is 6.03 Å². The second-order valence-corrected chi connectivity index (χ2v) is 6.15. The highest BCUT2D eigenvalue weighted by atomic mass is 16.4. The summed E-state index contributed by atoms with van der Waals surface area (Å²) in [5.41, 5.74) is 0. The van der Waals surface area contributed by atoms with E-state index in [9.17, 15) is 9.59 Å². The minimum atomic E-state index is -0.839. The second kappa shape index (κ2) is 6.46. The summed E-state index contributed by atoms with van der Waals surface area (Å²) < 4.78 is 0. The van der Waals surface area contributed by atoms with Crippen molar-refractivity contribution in [2.45, 2.75) is 52.0 Å². The fourth-order valence-corrected chi connectivity index (χ4v) is 3.62. The molecule has 5 nitrogen and oxygen atoms in total. The van der Waals surface area contributed by atoms with Gasteiger partial charge in [0.05, 0.1) is 5.92 Å². The lowest BCUT2D eigenvalue weighted by Gasteiger charge is -2.40. The van der Waals surface area contributed by atoms with Crippen LogP contribution in [0.1, 0.15) is 46.0 Å². The van der Waals surface area contributed by atoms with Crippen molar-refractivity contribution in [1.29, 1.82) is 0 Å². The quantitative estimate of drug-likeness (QED) is 0.861. The predicted molar refractivity (Wildman–Crippen MR) is 76.5 cm³/mol. The number of carbonyl (C=O) groups is 2. The Balaban J connectivity index is 2.01. The highest BCUT2D eigenvalue weighted by Gasteiger charge is 2.38. The Labute approximate surface area is 120 Å². The molecule has 3 atom stereocenters. The maximum atomic E-state index is 12.7. The number of carboxylic acid groups (broad SMARTS) is 1. The number of carbonyl (C=O) groups excluding carboxylic acids is 1. The Hall–Kier alpha value is -1.26. The van der Waals surface area contributed by atoms with E-state index in [4.69, 9.17) is 5.11 Å². The maximum Gasteiger partial charge on any atom is 0.320 e. The third-order valence-corrected chi connectivity index (χ3v) is 4.81. The maximum absolute atomic E-state index is 12.7. The van der Waals surface area contributed by atoms with Crippen LogP contribution in [0.15, 0.2) is 0 Å². The van der Waals surface area contributed by atoms with Crippen molar-refractivity contribution in [2.24, 2.45) is 11.8 Å². The zero-order chi connectivity index (χ0) is 14.7. The lowest BCUT2D eigenvalue weighted by molar-refractivity contribution is -0.141. The highest BCUT2D eigenvalue weighted by Crippen LogP contribution is 2.37. The second-order valence-electron chi connectivity index (χ2n) is 6.15. The minimum absolute atomic E-state index is 0.0391. The number of likely N-dealkylation sites (tertiary alicyclic amines) is 1. The number of amides is 2. The van der Waals surface area contributed by atoms with E-state index >= 15 is 0 Å². The largest absolute Gasteiger partial charge is 0.481 e. The number of hydrogen-bond donors (Lipinski definition) is 1. The van der Waals surface area contributed by atoms with Crippen molar-refractivity contribution < 1.29 is 14.7 Å². The van der Waals surface area contributed by atoms with Gasteiger partial charge in [-0.15, -0.1) is 0 Å². The molecule has 1 N–H and O–H groups in total. The number of nitrogens with zero attached hydrogens (tertiary/aromatic N) is 2. The van der Waals surface area contributed by atoms with Crippen molar-refractivity contribution in [1.82, 2.24) is 9.80 Å². The topological polar surface area (TPSA) is 60.9 Å². The zero-order valence-corrected chi connectivity index (χ0v) is 12.5. The van der Waals surface area contributed by atoms with Crippen molar-refractivity contribution in [2.75, 3.05) is 19.6 Å². The highest BCUT2D eigenvalue weighted by molar-refractivity contribution is 5.76. The molecule has 0 radical (unpaired) electrons. The number of fused-ring (bicyclic) bond motifs is 1. The number of carboxylic acids is 1. The van der Waals surface area contributed by atoms with Gasteiger partial charge in [0.15, 0.2) is 0 Å². The fraction of sp³-hybridized carbons (Fsp3) is 0.867. The van der Waals surface area contributed by atoms with Gasteiger partial charge in [0.2, 0.25) is 0 Å². The molecule has 5 heteroatoms. The number of piperidine rings is 1. The average Bonchev–Trinajstić information content (AvgIpc) is 2.91. The molecular weight excluding hydrogens is 256 g/mol. The summed E-state index contributed by atoms with van der Waals surface area (Å²) in [6.07, 6.45) is 5.90. The van der Waals surface area contributed by atoms with E-state index in [2.05, 4.69) is 0 Å². The molecule has 20 heavy (non-hydrogen) atoms. The molecule has 2 aliphatic rings. The number of urea groups is 1. The van der Waals surface area contributed by atoms with Crippen LogP contribution in [0.2, 0.25) is 0 Å². The predicted octanol–water partition coefficient (Wildman–Crippen LogP) is 2.41. The van der Waals surface area contributed by atoms with Gasteiger partial charge in [-0.25, -0.2) is 4.79 Å². The number of aliphatic carboxylic acids is 1. The zero-order valence-electron chi connectivity index (χ0n) is 12.5. The minimum Gasteiger partial charge on any atom is -0.481 e. The summed E-state index contributed by atoms with van der Waals surface area (Å²) in [6, 6.07) is 0.433. The van der Waals surface area contributed by atoms with Crippen molar-refractivity contribution in [3.05, 3.63) is 0 Å². The Kier molecular flexibility index (Phi) is 4.89. The lowest BCUT2D eigenvalue weighted by atomic mass is 9.92. The molecule has 2 amide bonds. The van der Waals surface area contributed by atoms with Crippen LogP contribution >= 0.6 is 0 Å². The monoisotopic (exact) mass is 282 g/mol. The Morgan fingerprint density at radius 1 is 1.30 bits per heavy atom. The molecular formula is C15H26N2O3. The van der Waals surface area contributed by atoms with Gasteiger partial charge in [-0.05, 0) is 38.5 Å².